The number of aromatic nitrogens is 2. The molecule has 1 unspecified atom stereocenters. The van der Waals surface area contributed by atoms with Crippen molar-refractivity contribution in [2.75, 3.05) is 33.0 Å². The number of carbonyl (C=O) groups excluding carboxylic acids is 2. The minimum absolute atomic E-state index is 0. The topological polar surface area (TPSA) is 118 Å². The summed E-state index contributed by atoms with van der Waals surface area (Å²) in [5.41, 5.74) is 7.75. The maximum atomic E-state index is 12.9. The van der Waals surface area contributed by atoms with E-state index < -0.39 is 11.9 Å². The monoisotopic (exact) mass is 468 g/mol. The van der Waals surface area contributed by atoms with Crippen molar-refractivity contribution in [3.05, 3.63) is 34.2 Å². The van der Waals surface area contributed by atoms with E-state index in [9.17, 15) is 14.4 Å². The molecule has 32 heavy (non-hydrogen) atoms. The Morgan fingerprint density at radius 3 is 2.44 bits per heavy atom. The fourth-order valence-corrected chi connectivity index (χ4v) is 3.97. The molecule has 2 amide bonds. The lowest BCUT2D eigenvalue weighted by Gasteiger charge is -2.21. The molecule has 10 heteroatoms. The van der Waals surface area contributed by atoms with Gasteiger partial charge in [-0.3, -0.25) is 24.0 Å². The molecule has 1 saturated heterocycles. The van der Waals surface area contributed by atoms with Crippen LogP contribution in [0.2, 0.25) is 0 Å². The molecule has 2 heterocycles. The van der Waals surface area contributed by atoms with E-state index in [1.807, 2.05) is 18.2 Å². The Morgan fingerprint density at radius 1 is 1.06 bits per heavy atom. The molecule has 0 saturated carbocycles. The van der Waals surface area contributed by atoms with Crippen molar-refractivity contribution < 1.29 is 19.1 Å². The number of piperidine rings is 1. The minimum atomic E-state index is -0.667. The van der Waals surface area contributed by atoms with E-state index in [0.717, 1.165) is 42.3 Å². The van der Waals surface area contributed by atoms with Crippen LogP contribution in [0, 0.1) is 0 Å². The maximum absolute atomic E-state index is 12.9. The molecule has 1 aliphatic rings. The first kappa shape index (κ1) is 26.1. The normalized spacial score (nSPS) is 16.2. The van der Waals surface area contributed by atoms with Gasteiger partial charge in [-0.05, 0) is 50.3 Å². The summed E-state index contributed by atoms with van der Waals surface area (Å²) >= 11 is 0. The van der Waals surface area contributed by atoms with Crippen molar-refractivity contribution in [3.8, 4) is 0 Å². The quantitative estimate of drug-likeness (QED) is 0.359. The second kappa shape index (κ2) is 12.7. The molecule has 2 aromatic rings. The third kappa shape index (κ3) is 6.19. The molecule has 178 valence electrons. The Kier molecular flexibility index (Phi) is 10.4. The summed E-state index contributed by atoms with van der Waals surface area (Å²) in [6.07, 6.45) is 3.87. The van der Waals surface area contributed by atoms with Crippen molar-refractivity contribution in [3.63, 3.8) is 0 Å². The summed E-state index contributed by atoms with van der Waals surface area (Å²) in [6, 6.07) is 5.09. The first-order valence-electron chi connectivity index (χ1n) is 10.9. The highest BCUT2D eigenvalue weighted by Gasteiger charge is 2.31. The first-order valence-corrected chi connectivity index (χ1v) is 10.9. The van der Waals surface area contributed by atoms with Gasteiger partial charge in [0, 0.05) is 39.9 Å². The third-order valence-corrected chi connectivity index (χ3v) is 5.51. The van der Waals surface area contributed by atoms with E-state index in [1.165, 1.54) is 4.57 Å². The summed E-state index contributed by atoms with van der Waals surface area (Å²) < 4.78 is 14.2. The number of ether oxygens (including phenoxy) is 2. The van der Waals surface area contributed by atoms with Gasteiger partial charge >= 0.3 is 5.69 Å². The van der Waals surface area contributed by atoms with Gasteiger partial charge in [0.05, 0.1) is 11.0 Å². The zero-order chi connectivity index (χ0) is 22.2. The van der Waals surface area contributed by atoms with Gasteiger partial charge in [0.15, 0.2) is 0 Å². The van der Waals surface area contributed by atoms with Crippen molar-refractivity contribution in [2.45, 2.75) is 44.6 Å². The molecule has 3 rings (SSSR count). The molecule has 0 spiro atoms. The Morgan fingerprint density at radius 2 is 1.75 bits per heavy atom. The summed E-state index contributed by atoms with van der Waals surface area (Å²) in [4.78, 5) is 36.7. The lowest BCUT2D eigenvalue weighted by atomic mass is 10.0. The number of carbonyl (C=O) groups is 2. The van der Waals surface area contributed by atoms with Crippen molar-refractivity contribution in [1.82, 2.24) is 14.5 Å². The highest BCUT2D eigenvalue weighted by molar-refractivity contribution is 6.00. The molecule has 0 radical (unpaired) electrons. The highest BCUT2D eigenvalue weighted by atomic mass is 35.5. The Bertz CT molecular complexity index is 971. The van der Waals surface area contributed by atoms with Crippen LogP contribution in [-0.2, 0) is 32.5 Å². The van der Waals surface area contributed by atoms with Crippen LogP contribution in [0.15, 0.2) is 23.0 Å². The van der Waals surface area contributed by atoms with E-state index in [0.29, 0.717) is 39.4 Å². The zero-order valence-electron chi connectivity index (χ0n) is 18.5. The average Bonchev–Trinajstić information content (AvgIpc) is 3.01. The van der Waals surface area contributed by atoms with Crippen molar-refractivity contribution >= 4 is 35.3 Å². The molecule has 9 nitrogen and oxygen atoms in total. The van der Waals surface area contributed by atoms with Gasteiger partial charge in [-0.25, -0.2) is 4.79 Å². The van der Waals surface area contributed by atoms with Crippen LogP contribution in [0.1, 0.15) is 43.7 Å². The molecular formula is C22H33ClN4O5. The molecule has 3 N–H and O–H groups in total. The molecule has 1 aromatic heterocycles. The number of nitrogens with zero attached hydrogens (tertiary/aromatic N) is 2. The first-order chi connectivity index (χ1) is 15.0. The molecule has 1 fully saturated rings. The van der Waals surface area contributed by atoms with Gasteiger partial charge < -0.3 is 15.2 Å². The number of hydrogen-bond donors (Lipinski definition) is 2. The van der Waals surface area contributed by atoms with Gasteiger partial charge in [-0.1, -0.05) is 12.1 Å². The van der Waals surface area contributed by atoms with Crippen LogP contribution in [0.4, 0.5) is 0 Å². The Hall–Kier alpha value is -2.20. The predicted octanol–water partition coefficient (Wildman–Crippen LogP) is 1.44. The Balaban J connectivity index is 0.00000363. The maximum Gasteiger partial charge on any atom is 0.329 e. The lowest BCUT2D eigenvalue weighted by Crippen LogP contribution is -2.44. The number of amides is 2. The van der Waals surface area contributed by atoms with Crippen LogP contribution < -0.4 is 16.7 Å². The summed E-state index contributed by atoms with van der Waals surface area (Å²) in [5.74, 6) is -0.714. The lowest BCUT2D eigenvalue weighted by molar-refractivity contribution is -0.135. The van der Waals surface area contributed by atoms with Gasteiger partial charge in [0.25, 0.3) is 0 Å². The number of imide groups is 1. The standard InChI is InChI=1S/C22H32N4O5.ClH/c1-25-20-16(7-3-12-30-14-5-15-31-13-4-11-23)6-2-8-17(20)26(22(25)29)18-9-10-19(27)24-21(18)28;/h2,6,8,18H,3-5,7,9-15,23H2,1H3,(H,24,27,28);1H. The van der Waals surface area contributed by atoms with E-state index >= 15 is 0 Å². The van der Waals surface area contributed by atoms with Crippen LogP contribution in [-0.4, -0.2) is 53.9 Å². The Labute approximate surface area is 193 Å². The molecule has 1 atom stereocenters. The molecule has 1 aliphatic heterocycles. The minimum Gasteiger partial charge on any atom is -0.381 e. The van der Waals surface area contributed by atoms with Crippen molar-refractivity contribution in [1.29, 1.82) is 0 Å². The number of benzene rings is 1. The second-order valence-electron chi connectivity index (χ2n) is 7.79. The number of hydrogen-bond acceptors (Lipinski definition) is 6. The largest absolute Gasteiger partial charge is 0.381 e. The molecule has 0 aliphatic carbocycles. The summed E-state index contributed by atoms with van der Waals surface area (Å²) in [7, 11) is 1.72. The average molecular weight is 469 g/mol. The smallest absolute Gasteiger partial charge is 0.329 e. The SMILES string of the molecule is Cl.Cn1c(=O)n(C2CCC(=O)NC2=O)c2cccc(CCCOCCCOCCCN)c21. The van der Waals surface area contributed by atoms with Gasteiger partial charge in [0.2, 0.25) is 11.8 Å². The van der Waals surface area contributed by atoms with E-state index in [1.54, 1.807) is 11.6 Å². The third-order valence-electron chi connectivity index (χ3n) is 5.51. The number of imidazole rings is 1. The predicted molar refractivity (Wildman–Crippen MR) is 124 cm³/mol. The van der Waals surface area contributed by atoms with Gasteiger partial charge in [-0.2, -0.15) is 0 Å². The van der Waals surface area contributed by atoms with E-state index in [2.05, 4.69) is 5.32 Å². The number of halogens is 1. The van der Waals surface area contributed by atoms with E-state index in [4.69, 9.17) is 15.2 Å². The van der Waals surface area contributed by atoms with Gasteiger partial charge in [-0.15, -0.1) is 12.4 Å². The zero-order valence-corrected chi connectivity index (χ0v) is 19.3. The number of nitrogens with two attached hydrogens (primary N) is 1. The molecule has 1 aromatic carbocycles. The van der Waals surface area contributed by atoms with Crippen LogP contribution in [0.3, 0.4) is 0 Å². The molecule has 0 bridgehead atoms. The number of fused-ring (bicyclic) bond motifs is 1. The number of para-hydroxylation sites is 1. The fraction of sp³-hybridized carbons (Fsp3) is 0.591. The number of aryl methyl sites for hydroxylation is 2. The molecular weight excluding hydrogens is 436 g/mol. The summed E-state index contributed by atoms with van der Waals surface area (Å²) in [5, 5.41) is 2.34. The van der Waals surface area contributed by atoms with Crippen molar-refractivity contribution in [2.24, 2.45) is 12.8 Å². The summed E-state index contributed by atoms with van der Waals surface area (Å²) in [6.45, 7) is 3.29. The second-order valence-corrected chi connectivity index (χ2v) is 7.79. The number of rotatable bonds is 12. The van der Waals surface area contributed by atoms with Crippen LogP contribution >= 0.6 is 12.4 Å². The van der Waals surface area contributed by atoms with Crippen LogP contribution in [0.5, 0.6) is 0 Å². The number of nitrogens with one attached hydrogen (secondary N) is 1. The van der Waals surface area contributed by atoms with Crippen LogP contribution in [0.25, 0.3) is 11.0 Å². The van der Waals surface area contributed by atoms with Gasteiger partial charge in [0.1, 0.15) is 6.04 Å². The van der Waals surface area contributed by atoms with E-state index in [-0.39, 0.29) is 30.4 Å². The highest BCUT2D eigenvalue weighted by Crippen LogP contribution is 2.25. The fourth-order valence-electron chi connectivity index (χ4n) is 3.97.